The van der Waals surface area contributed by atoms with Crippen molar-refractivity contribution in [2.45, 2.75) is 31.7 Å². The SMILES string of the molecule is CN(CCNC(=O)C1CCC(Nc2ncco2)CC1)S(C)(=O)=O. The fourth-order valence-electron chi connectivity index (χ4n) is 2.62. The molecular formula is C14H24N4O4S. The first-order chi connectivity index (χ1) is 10.9. The minimum absolute atomic E-state index is 0.00137. The minimum Gasteiger partial charge on any atom is -0.432 e. The predicted molar refractivity (Wildman–Crippen MR) is 86.4 cm³/mol. The Morgan fingerprint density at radius 1 is 1.39 bits per heavy atom. The van der Waals surface area contributed by atoms with E-state index >= 15 is 0 Å². The minimum atomic E-state index is -3.20. The number of amides is 1. The van der Waals surface area contributed by atoms with Gasteiger partial charge in [-0.2, -0.15) is 0 Å². The summed E-state index contributed by atoms with van der Waals surface area (Å²) in [5, 5.41) is 6.03. The summed E-state index contributed by atoms with van der Waals surface area (Å²) >= 11 is 0. The molecular weight excluding hydrogens is 320 g/mol. The molecule has 1 saturated carbocycles. The highest BCUT2D eigenvalue weighted by Crippen LogP contribution is 2.26. The van der Waals surface area contributed by atoms with E-state index in [2.05, 4.69) is 15.6 Å². The van der Waals surface area contributed by atoms with E-state index in [1.54, 1.807) is 6.20 Å². The first kappa shape index (κ1) is 17.7. The molecule has 1 fully saturated rings. The van der Waals surface area contributed by atoms with Crippen molar-refractivity contribution in [3.05, 3.63) is 12.5 Å². The van der Waals surface area contributed by atoms with E-state index < -0.39 is 10.0 Å². The number of sulfonamides is 1. The number of aromatic nitrogens is 1. The van der Waals surface area contributed by atoms with Gasteiger partial charge in [-0.3, -0.25) is 4.79 Å². The number of carbonyl (C=O) groups excluding carboxylic acids is 1. The number of hydrogen-bond acceptors (Lipinski definition) is 6. The molecule has 0 saturated heterocycles. The molecule has 0 radical (unpaired) electrons. The average molecular weight is 344 g/mol. The maximum atomic E-state index is 12.1. The van der Waals surface area contributed by atoms with E-state index in [4.69, 9.17) is 4.42 Å². The molecule has 23 heavy (non-hydrogen) atoms. The molecule has 8 nitrogen and oxygen atoms in total. The first-order valence-electron chi connectivity index (χ1n) is 7.71. The Kier molecular flexibility index (Phi) is 6.00. The number of carbonyl (C=O) groups is 1. The molecule has 0 spiro atoms. The van der Waals surface area contributed by atoms with Crippen molar-refractivity contribution < 1.29 is 17.6 Å². The molecule has 0 atom stereocenters. The molecule has 1 aromatic rings. The van der Waals surface area contributed by atoms with Crippen molar-refractivity contribution in [3.63, 3.8) is 0 Å². The summed E-state index contributed by atoms with van der Waals surface area (Å²) in [5.74, 6) is -0.0115. The van der Waals surface area contributed by atoms with Crippen molar-refractivity contribution in [1.29, 1.82) is 0 Å². The highest BCUT2D eigenvalue weighted by molar-refractivity contribution is 7.88. The lowest BCUT2D eigenvalue weighted by atomic mass is 9.85. The van der Waals surface area contributed by atoms with Crippen LogP contribution in [0, 0.1) is 5.92 Å². The normalized spacial score (nSPS) is 22.0. The van der Waals surface area contributed by atoms with Gasteiger partial charge in [0.25, 0.3) is 6.01 Å². The number of likely N-dealkylation sites (N-methyl/N-ethyl adjacent to an activating group) is 1. The second-order valence-corrected chi connectivity index (χ2v) is 8.00. The van der Waals surface area contributed by atoms with Gasteiger partial charge in [-0.05, 0) is 25.7 Å². The third-order valence-electron chi connectivity index (χ3n) is 4.15. The molecule has 1 aromatic heterocycles. The summed E-state index contributed by atoms with van der Waals surface area (Å²) in [6.45, 7) is 0.614. The zero-order valence-corrected chi connectivity index (χ0v) is 14.3. The fourth-order valence-corrected chi connectivity index (χ4v) is 3.04. The quantitative estimate of drug-likeness (QED) is 0.753. The standard InChI is InChI=1S/C14H24N4O4S/c1-18(23(2,20)21)9-7-15-13(19)11-3-5-12(6-4-11)17-14-16-8-10-22-14/h8,10-12H,3-7,9H2,1-2H3,(H,15,19)(H,16,17). The Hall–Kier alpha value is -1.61. The number of oxazole rings is 1. The van der Waals surface area contributed by atoms with E-state index in [1.165, 1.54) is 17.6 Å². The Bertz CT molecular complexity index is 594. The molecule has 0 aliphatic heterocycles. The summed E-state index contributed by atoms with van der Waals surface area (Å²) in [6, 6.07) is 0.788. The Morgan fingerprint density at radius 3 is 2.65 bits per heavy atom. The van der Waals surface area contributed by atoms with Crippen LogP contribution in [0.4, 0.5) is 6.01 Å². The van der Waals surface area contributed by atoms with Crippen LogP contribution in [0.15, 0.2) is 16.9 Å². The van der Waals surface area contributed by atoms with Crippen LogP contribution in [-0.4, -0.2) is 56.0 Å². The van der Waals surface area contributed by atoms with Crippen LogP contribution in [0.3, 0.4) is 0 Å². The van der Waals surface area contributed by atoms with Crippen LogP contribution < -0.4 is 10.6 Å². The highest BCUT2D eigenvalue weighted by Gasteiger charge is 2.26. The molecule has 1 amide bonds. The summed E-state index contributed by atoms with van der Waals surface area (Å²) in [6.07, 6.45) is 7.62. The van der Waals surface area contributed by atoms with E-state index in [9.17, 15) is 13.2 Å². The maximum absolute atomic E-state index is 12.1. The van der Waals surface area contributed by atoms with E-state index in [1.807, 2.05) is 0 Å². The van der Waals surface area contributed by atoms with E-state index in [0.29, 0.717) is 12.6 Å². The van der Waals surface area contributed by atoms with Crippen molar-refractivity contribution in [2.24, 2.45) is 5.92 Å². The third kappa shape index (κ3) is 5.51. The van der Waals surface area contributed by atoms with Crippen molar-refractivity contribution in [2.75, 3.05) is 31.7 Å². The van der Waals surface area contributed by atoms with Gasteiger partial charge in [0.15, 0.2) is 0 Å². The van der Waals surface area contributed by atoms with Gasteiger partial charge in [-0.1, -0.05) is 0 Å². The smallest absolute Gasteiger partial charge is 0.294 e. The number of rotatable bonds is 7. The predicted octanol–water partition coefficient (Wildman–Crippen LogP) is 0.653. The second-order valence-electron chi connectivity index (χ2n) is 5.91. The van der Waals surface area contributed by atoms with Crippen LogP contribution in [0.5, 0.6) is 0 Å². The van der Waals surface area contributed by atoms with Crippen LogP contribution in [0.2, 0.25) is 0 Å². The molecule has 0 bridgehead atoms. The van der Waals surface area contributed by atoms with Crippen molar-refractivity contribution in [3.8, 4) is 0 Å². The molecule has 0 aromatic carbocycles. The van der Waals surface area contributed by atoms with Gasteiger partial charge in [0.05, 0.1) is 12.5 Å². The van der Waals surface area contributed by atoms with Crippen LogP contribution in [0.1, 0.15) is 25.7 Å². The highest BCUT2D eigenvalue weighted by atomic mass is 32.2. The zero-order chi connectivity index (χ0) is 16.9. The summed E-state index contributed by atoms with van der Waals surface area (Å²) in [7, 11) is -1.70. The summed E-state index contributed by atoms with van der Waals surface area (Å²) in [4.78, 5) is 16.2. The molecule has 1 aliphatic rings. The van der Waals surface area contributed by atoms with E-state index in [-0.39, 0.29) is 24.4 Å². The third-order valence-corrected chi connectivity index (χ3v) is 5.46. The van der Waals surface area contributed by atoms with E-state index in [0.717, 1.165) is 31.9 Å². The Labute approximate surface area is 136 Å². The lowest BCUT2D eigenvalue weighted by Gasteiger charge is -2.28. The molecule has 1 aliphatic carbocycles. The van der Waals surface area contributed by atoms with Gasteiger partial charge in [0, 0.05) is 32.1 Å². The molecule has 9 heteroatoms. The van der Waals surface area contributed by atoms with Crippen LogP contribution in [-0.2, 0) is 14.8 Å². The van der Waals surface area contributed by atoms with Gasteiger partial charge in [-0.25, -0.2) is 17.7 Å². The van der Waals surface area contributed by atoms with Gasteiger partial charge in [0.1, 0.15) is 6.26 Å². The number of hydrogen-bond donors (Lipinski definition) is 2. The topological polar surface area (TPSA) is 105 Å². The van der Waals surface area contributed by atoms with Gasteiger partial charge in [-0.15, -0.1) is 0 Å². The van der Waals surface area contributed by atoms with Crippen molar-refractivity contribution >= 4 is 21.9 Å². The van der Waals surface area contributed by atoms with Crippen molar-refractivity contribution in [1.82, 2.24) is 14.6 Å². The van der Waals surface area contributed by atoms with Crippen LogP contribution in [0.25, 0.3) is 0 Å². The maximum Gasteiger partial charge on any atom is 0.294 e. The lowest BCUT2D eigenvalue weighted by molar-refractivity contribution is -0.125. The molecule has 1 heterocycles. The fraction of sp³-hybridized carbons (Fsp3) is 0.714. The Morgan fingerprint density at radius 2 is 2.09 bits per heavy atom. The Balaban J connectivity index is 1.67. The van der Waals surface area contributed by atoms with Gasteiger partial charge < -0.3 is 15.1 Å². The van der Waals surface area contributed by atoms with Gasteiger partial charge in [0.2, 0.25) is 15.9 Å². The number of nitrogens with one attached hydrogen (secondary N) is 2. The molecule has 2 N–H and O–H groups in total. The monoisotopic (exact) mass is 344 g/mol. The van der Waals surface area contributed by atoms with Gasteiger partial charge >= 0.3 is 0 Å². The zero-order valence-electron chi connectivity index (χ0n) is 13.5. The average Bonchev–Trinajstić information content (AvgIpc) is 2.99. The number of anilines is 1. The number of nitrogens with zero attached hydrogens (tertiary/aromatic N) is 2. The summed E-state index contributed by atoms with van der Waals surface area (Å²) in [5.41, 5.74) is 0. The molecule has 130 valence electrons. The summed E-state index contributed by atoms with van der Waals surface area (Å²) < 4.78 is 28.9. The first-order valence-corrected chi connectivity index (χ1v) is 9.56. The molecule has 2 rings (SSSR count). The second kappa shape index (κ2) is 7.78. The lowest BCUT2D eigenvalue weighted by Crippen LogP contribution is -2.40. The van der Waals surface area contributed by atoms with Crippen LogP contribution >= 0.6 is 0 Å². The largest absolute Gasteiger partial charge is 0.432 e. The molecule has 0 unspecified atom stereocenters.